The van der Waals surface area contributed by atoms with Crippen molar-refractivity contribution in [2.45, 2.75) is 18.7 Å². The quantitative estimate of drug-likeness (QED) is 0.385. The largest absolute Gasteiger partial charge is 0.481 e. The number of pyridine rings is 1. The number of hydrogen-bond acceptors (Lipinski definition) is 7. The Kier molecular flexibility index (Phi) is 7.01. The predicted molar refractivity (Wildman–Crippen MR) is 119 cm³/mol. The van der Waals surface area contributed by atoms with Crippen molar-refractivity contribution < 1.29 is 22.9 Å². The smallest absolute Gasteiger partial charge is 0.279 e. The van der Waals surface area contributed by atoms with Crippen LogP contribution in [0, 0.1) is 10.1 Å². The summed E-state index contributed by atoms with van der Waals surface area (Å²) in [7, 11) is -3.58. The minimum absolute atomic E-state index is 0.107. The molecule has 0 aliphatic carbocycles. The van der Waals surface area contributed by atoms with E-state index in [0.717, 1.165) is 0 Å². The minimum Gasteiger partial charge on any atom is -0.481 e. The molecule has 0 atom stereocenters. The number of hydrogen-bond donors (Lipinski definition) is 1. The van der Waals surface area contributed by atoms with E-state index in [-0.39, 0.29) is 28.5 Å². The second-order valence-corrected chi connectivity index (χ2v) is 8.63. The second kappa shape index (κ2) is 9.71. The van der Waals surface area contributed by atoms with E-state index >= 15 is 0 Å². The number of nitro groups is 1. The van der Waals surface area contributed by atoms with E-state index in [2.05, 4.69) is 10.3 Å². The number of aromatic nitrogens is 1. The highest BCUT2D eigenvalue weighted by Crippen LogP contribution is 2.31. The molecule has 0 saturated heterocycles. The lowest BCUT2D eigenvalue weighted by atomic mass is 10.1. The van der Waals surface area contributed by atoms with Crippen molar-refractivity contribution >= 4 is 38.2 Å². The number of rotatable bonds is 9. The summed E-state index contributed by atoms with van der Waals surface area (Å²) in [5, 5.41) is 14.1. The zero-order chi connectivity index (χ0) is 23.3. The molecule has 0 aliphatic heterocycles. The molecule has 0 spiro atoms. The van der Waals surface area contributed by atoms with Gasteiger partial charge >= 0.3 is 0 Å². The highest BCUT2D eigenvalue weighted by Gasteiger charge is 2.21. The van der Waals surface area contributed by atoms with Gasteiger partial charge in [0.2, 0.25) is 10.0 Å². The summed E-state index contributed by atoms with van der Waals surface area (Å²) < 4.78 is 31.9. The van der Waals surface area contributed by atoms with Crippen molar-refractivity contribution in [2.75, 3.05) is 25.0 Å². The molecule has 3 rings (SSSR count). The number of carbonyl (C=O) groups is 1. The molecule has 11 heteroatoms. The van der Waals surface area contributed by atoms with Crippen molar-refractivity contribution in [2.24, 2.45) is 0 Å². The Balaban J connectivity index is 1.68. The Hall–Kier alpha value is -3.57. The molecule has 2 aromatic carbocycles. The Morgan fingerprint density at radius 3 is 2.44 bits per heavy atom. The molecule has 0 aliphatic rings. The number of sulfonamides is 1. The van der Waals surface area contributed by atoms with Gasteiger partial charge in [-0.25, -0.2) is 8.42 Å². The third-order valence-electron chi connectivity index (χ3n) is 4.75. The third-order valence-corrected chi connectivity index (χ3v) is 6.81. The van der Waals surface area contributed by atoms with Crippen LogP contribution in [0.15, 0.2) is 59.6 Å². The number of anilines is 1. The number of ether oxygens (including phenoxy) is 1. The molecule has 0 saturated carbocycles. The number of nitro benzene ring substituents is 1. The average molecular weight is 458 g/mol. The van der Waals surface area contributed by atoms with Crippen molar-refractivity contribution in [3.8, 4) is 5.75 Å². The highest BCUT2D eigenvalue weighted by molar-refractivity contribution is 7.89. The van der Waals surface area contributed by atoms with Crippen LogP contribution in [0.3, 0.4) is 0 Å². The topological polar surface area (TPSA) is 132 Å². The molecule has 32 heavy (non-hydrogen) atoms. The van der Waals surface area contributed by atoms with Crippen LogP contribution in [0.1, 0.15) is 13.8 Å². The molecular formula is C21H22N4O6S. The Labute approximate surface area is 185 Å². The Morgan fingerprint density at radius 1 is 1.12 bits per heavy atom. The summed E-state index contributed by atoms with van der Waals surface area (Å²) in [6.07, 6.45) is 1.48. The highest BCUT2D eigenvalue weighted by atomic mass is 32.2. The maximum atomic E-state index is 12.5. The van der Waals surface area contributed by atoms with Gasteiger partial charge in [0.1, 0.15) is 11.3 Å². The molecule has 0 unspecified atom stereocenters. The molecule has 0 bridgehead atoms. The first-order valence-electron chi connectivity index (χ1n) is 9.83. The van der Waals surface area contributed by atoms with Crippen LogP contribution in [0.5, 0.6) is 5.75 Å². The molecule has 168 valence electrons. The van der Waals surface area contributed by atoms with Gasteiger partial charge in [0.15, 0.2) is 6.61 Å². The molecule has 0 radical (unpaired) electrons. The van der Waals surface area contributed by atoms with E-state index in [9.17, 15) is 23.3 Å². The molecular weight excluding hydrogens is 436 g/mol. The van der Waals surface area contributed by atoms with Crippen LogP contribution in [0.25, 0.3) is 10.9 Å². The summed E-state index contributed by atoms with van der Waals surface area (Å²) in [4.78, 5) is 27.2. The van der Waals surface area contributed by atoms with E-state index in [1.165, 1.54) is 46.9 Å². The van der Waals surface area contributed by atoms with Gasteiger partial charge in [-0.3, -0.25) is 19.9 Å². The lowest BCUT2D eigenvalue weighted by Crippen LogP contribution is -2.30. The van der Waals surface area contributed by atoms with Crippen LogP contribution in [-0.4, -0.2) is 48.2 Å². The van der Waals surface area contributed by atoms with E-state index in [1.54, 1.807) is 26.0 Å². The molecule has 1 heterocycles. The normalized spacial score (nSPS) is 11.5. The predicted octanol–water partition coefficient (Wildman–Crippen LogP) is 3.19. The number of non-ortho nitro benzene ring substituents is 1. The lowest BCUT2D eigenvalue weighted by molar-refractivity contribution is -0.383. The average Bonchev–Trinajstić information content (AvgIpc) is 2.78. The summed E-state index contributed by atoms with van der Waals surface area (Å²) in [5.74, 6) is -0.242. The fraction of sp³-hybridized carbons (Fsp3) is 0.238. The zero-order valence-electron chi connectivity index (χ0n) is 17.5. The van der Waals surface area contributed by atoms with E-state index in [1.807, 2.05) is 0 Å². The van der Waals surface area contributed by atoms with E-state index in [0.29, 0.717) is 24.2 Å². The number of carbonyl (C=O) groups excluding carboxylic acids is 1. The fourth-order valence-corrected chi connectivity index (χ4v) is 4.63. The number of nitrogens with one attached hydrogen (secondary N) is 1. The first kappa shape index (κ1) is 23.1. The Bertz CT molecular complexity index is 1240. The van der Waals surface area contributed by atoms with Gasteiger partial charge < -0.3 is 10.1 Å². The van der Waals surface area contributed by atoms with Crippen molar-refractivity contribution in [3.63, 3.8) is 0 Å². The zero-order valence-corrected chi connectivity index (χ0v) is 18.3. The van der Waals surface area contributed by atoms with Crippen LogP contribution < -0.4 is 10.1 Å². The van der Waals surface area contributed by atoms with Crippen LogP contribution in [0.2, 0.25) is 0 Å². The molecule has 1 amide bonds. The van der Waals surface area contributed by atoms with E-state index < -0.39 is 20.9 Å². The summed E-state index contributed by atoms with van der Waals surface area (Å²) >= 11 is 0. The maximum Gasteiger partial charge on any atom is 0.279 e. The lowest BCUT2D eigenvalue weighted by Gasteiger charge is -2.18. The number of amides is 1. The number of benzene rings is 2. The van der Waals surface area contributed by atoms with Gasteiger partial charge in [0, 0.05) is 31.0 Å². The number of nitrogens with zero attached hydrogens (tertiary/aromatic N) is 3. The Morgan fingerprint density at radius 2 is 1.81 bits per heavy atom. The fourth-order valence-electron chi connectivity index (χ4n) is 3.17. The van der Waals surface area contributed by atoms with Crippen molar-refractivity contribution in [3.05, 3.63) is 64.8 Å². The summed E-state index contributed by atoms with van der Waals surface area (Å²) in [6, 6.07) is 11.7. The van der Waals surface area contributed by atoms with Crippen LogP contribution in [-0.2, 0) is 14.8 Å². The molecule has 3 aromatic rings. The standard InChI is InChI=1S/C21H22N4O6S/c1-3-24(4-2)32(29,30)16-9-7-15(8-10-16)23-20(26)14-31-19-12-11-18(25(27)28)17-6-5-13-22-21(17)19/h5-13H,3-4,14H2,1-2H3,(H,23,26). The second-order valence-electron chi connectivity index (χ2n) is 6.69. The molecule has 0 fully saturated rings. The SMILES string of the molecule is CCN(CC)S(=O)(=O)c1ccc(NC(=O)COc2ccc([N+](=O)[O-])c3cccnc23)cc1. The van der Waals surface area contributed by atoms with Gasteiger partial charge in [-0.15, -0.1) is 0 Å². The first-order chi connectivity index (χ1) is 15.3. The van der Waals surface area contributed by atoms with Gasteiger partial charge in [0.25, 0.3) is 11.6 Å². The monoisotopic (exact) mass is 458 g/mol. The number of fused-ring (bicyclic) bond motifs is 1. The minimum atomic E-state index is -3.58. The summed E-state index contributed by atoms with van der Waals surface area (Å²) in [6.45, 7) is 3.89. The van der Waals surface area contributed by atoms with Crippen LogP contribution in [0.4, 0.5) is 11.4 Å². The van der Waals surface area contributed by atoms with Crippen LogP contribution >= 0.6 is 0 Å². The maximum absolute atomic E-state index is 12.5. The molecule has 10 nitrogen and oxygen atoms in total. The first-order valence-corrected chi connectivity index (χ1v) is 11.3. The van der Waals surface area contributed by atoms with Gasteiger partial charge in [-0.05, 0) is 42.5 Å². The van der Waals surface area contributed by atoms with E-state index in [4.69, 9.17) is 4.74 Å². The summed E-state index contributed by atoms with van der Waals surface area (Å²) in [5.41, 5.74) is 0.578. The molecule has 1 N–H and O–H groups in total. The van der Waals surface area contributed by atoms with Gasteiger partial charge in [0.05, 0.1) is 15.2 Å². The van der Waals surface area contributed by atoms with Gasteiger partial charge in [-0.2, -0.15) is 4.31 Å². The third kappa shape index (κ3) is 4.84. The van der Waals surface area contributed by atoms with Gasteiger partial charge in [-0.1, -0.05) is 13.8 Å². The van der Waals surface area contributed by atoms with Crippen molar-refractivity contribution in [1.29, 1.82) is 0 Å². The molecule has 1 aromatic heterocycles. The van der Waals surface area contributed by atoms with Crippen molar-refractivity contribution in [1.82, 2.24) is 9.29 Å².